The smallest absolute Gasteiger partial charge is 0.267 e. The predicted molar refractivity (Wildman–Crippen MR) is 120 cm³/mol. The van der Waals surface area contributed by atoms with Crippen LogP contribution in [0.2, 0.25) is 0 Å². The summed E-state index contributed by atoms with van der Waals surface area (Å²) in [5.41, 5.74) is 2.04. The quantitative estimate of drug-likeness (QED) is 0.694. The number of rotatable bonds is 7. The number of nitrogens with zero attached hydrogens (tertiary/aromatic N) is 3. The average molecular weight is 455 g/mol. The number of benzene rings is 2. The lowest BCUT2D eigenvalue weighted by Gasteiger charge is -2.23. The van der Waals surface area contributed by atoms with Gasteiger partial charge in [-0.2, -0.15) is 9.41 Å². The van der Waals surface area contributed by atoms with Crippen LogP contribution in [0.4, 0.5) is 0 Å². The zero-order chi connectivity index (χ0) is 22.6. The van der Waals surface area contributed by atoms with E-state index in [1.54, 1.807) is 24.3 Å². The molecule has 2 aliphatic rings. The van der Waals surface area contributed by atoms with Gasteiger partial charge in [-0.1, -0.05) is 42.5 Å². The molecule has 0 radical (unpaired) electrons. The number of hydrogen-bond donors (Lipinski definition) is 1. The van der Waals surface area contributed by atoms with Crippen molar-refractivity contribution < 1.29 is 18.0 Å². The Bertz CT molecular complexity index is 1110. The average Bonchev–Trinajstić information content (AvgIpc) is 3.36. The van der Waals surface area contributed by atoms with Crippen molar-refractivity contribution in [3.05, 3.63) is 65.7 Å². The Kier molecular flexibility index (Phi) is 6.66. The van der Waals surface area contributed by atoms with Crippen LogP contribution in [0.1, 0.15) is 36.8 Å². The summed E-state index contributed by atoms with van der Waals surface area (Å²) in [5, 5.41) is 8.42. The number of sulfonamides is 1. The van der Waals surface area contributed by atoms with Crippen molar-refractivity contribution >= 4 is 27.5 Å². The van der Waals surface area contributed by atoms with Crippen LogP contribution in [0.3, 0.4) is 0 Å². The van der Waals surface area contributed by atoms with Crippen molar-refractivity contribution in [1.82, 2.24) is 14.6 Å². The second kappa shape index (κ2) is 9.62. The molecular weight excluding hydrogens is 428 g/mol. The molecule has 2 aromatic rings. The van der Waals surface area contributed by atoms with Gasteiger partial charge in [-0.15, -0.1) is 0 Å². The molecule has 0 aliphatic carbocycles. The zero-order valence-corrected chi connectivity index (χ0v) is 18.6. The highest BCUT2D eigenvalue weighted by Crippen LogP contribution is 2.21. The van der Waals surface area contributed by atoms with E-state index in [1.807, 2.05) is 30.3 Å². The summed E-state index contributed by atoms with van der Waals surface area (Å²) in [7, 11) is -3.45. The van der Waals surface area contributed by atoms with Crippen molar-refractivity contribution in [3.63, 3.8) is 0 Å². The second-order valence-electron chi connectivity index (χ2n) is 7.92. The van der Waals surface area contributed by atoms with E-state index in [4.69, 9.17) is 0 Å². The van der Waals surface area contributed by atoms with E-state index >= 15 is 0 Å². The molecule has 4 rings (SSSR count). The number of carbonyl (C=O) groups is 2. The summed E-state index contributed by atoms with van der Waals surface area (Å²) in [5.74, 6) is -0.440. The molecule has 0 saturated carbocycles. The van der Waals surface area contributed by atoms with Crippen molar-refractivity contribution in [2.75, 3.05) is 13.1 Å². The van der Waals surface area contributed by atoms with Gasteiger partial charge in [0.2, 0.25) is 15.9 Å². The van der Waals surface area contributed by atoms with Gasteiger partial charge in [-0.25, -0.2) is 13.4 Å². The maximum atomic E-state index is 12.6. The van der Waals surface area contributed by atoms with E-state index in [0.29, 0.717) is 31.8 Å². The van der Waals surface area contributed by atoms with Gasteiger partial charge in [-0.05, 0) is 36.1 Å². The molecule has 0 spiro atoms. The molecule has 1 fully saturated rings. The van der Waals surface area contributed by atoms with Crippen LogP contribution in [0.5, 0.6) is 0 Å². The van der Waals surface area contributed by atoms with Gasteiger partial charge in [0, 0.05) is 32.5 Å². The van der Waals surface area contributed by atoms with Crippen molar-refractivity contribution in [2.24, 2.45) is 5.10 Å². The molecule has 2 aliphatic heterocycles. The SMILES string of the molecule is O=C(NCc1ccc(S(=O)(=O)N2CCCC2)cc1)C1=NN(Cc2ccccc2)C(=O)CC1. The van der Waals surface area contributed by atoms with Crippen LogP contribution in [-0.2, 0) is 32.7 Å². The highest BCUT2D eigenvalue weighted by Gasteiger charge is 2.27. The Morgan fingerprint density at radius 2 is 1.62 bits per heavy atom. The van der Waals surface area contributed by atoms with Gasteiger partial charge in [0.1, 0.15) is 5.71 Å². The minimum Gasteiger partial charge on any atom is -0.347 e. The third kappa shape index (κ3) is 5.05. The van der Waals surface area contributed by atoms with Gasteiger partial charge in [0.25, 0.3) is 5.91 Å². The highest BCUT2D eigenvalue weighted by molar-refractivity contribution is 7.89. The van der Waals surface area contributed by atoms with E-state index in [2.05, 4.69) is 10.4 Å². The first-order valence-electron chi connectivity index (χ1n) is 10.7. The van der Waals surface area contributed by atoms with E-state index < -0.39 is 10.0 Å². The van der Waals surface area contributed by atoms with Crippen molar-refractivity contribution in [1.29, 1.82) is 0 Å². The monoisotopic (exact) mass is 454 g/mol. The number of hydrogen-bond acceptors (Lipinski definition) is 5. The summed E-state index contributed by atoms with van der Waals surface area (Å²) in [6.45, 7) is 1.69. The van der Waals surface area contributed by atoms with Gasteiger partial charge >= 0.3 is 0 Å². The summed E-state index contributed by atoms with van der Waals surface area (Å²) in [6.07, 6.45) is 2.31. The molecule has 9 heteroatoms. The van der Waals surface area contributed by atoms with Crippen LogP contribution in [0.25, 0.3) is 0 Å². The lowest BCUT2D eigenvalue weighted by molar-refractivity contribution is -0.132. The van der Waals surface area contributed by atoms with Crippen LogP contribution < -0.4 is 5.32 Å². The first-order chi connectivity index (χ1) is 15.4. The molecule has 8 nitrogen and oxygen atoms in total. The van der Waals surface area contributed by atoms with E-state index in [1.165, 1.54) is 9.31 Å². The van der Waals surface area contributed by atoms with Crippen LogP contribution >= 0.6 is 0 Å². The maximum Gasteiger partial charge on any atom is 0.267 e. The third-order valence-corrected chi connectivity index (χ3v) is 7.53. The summed E-state index contributed by atoms with van der Waals surface area (Å²) >= 11 is 0. The van der Waals surface area contributed by atoms with Gasteiger partial charge < -0.3 is 5.32 Å². The first-order valence-corrected chi connectivity index (χ1v) is 12.2. The summed E-state index contributed by atoms with van der Waals surface area (Å²) in [4.78, 5) is 25.0. The topological polar surface area (TPSA) is 99.2 Å². The molecule has 0 bridgehead atoms. The minimum absolute atomic E-state index is 0.111. The fourth-order valence-corrected chi connectivity index (χ4v) is 5.30. The van der Waals surface area contributed by atoms with Gasteiger partial charge in [-0.3, -0.25) is 9.59 Å². The van der Waals surface area contributed by atoms with E-state index in [9.17, 15) is 18.0 Å². The molecule has 0 aromatic heterocycles. The van der Waals surface area contributed by atoms with Crippen LogP contribution in [0, 0.1) is 0 Å². The lowest BCUT2D eigenvalue weighted by Crippen LogP contribution is -2.38. The first kappa shape index (κ1) is 22.2. The van der Waals surface area contributed by atoms with E-state index in [0.717, 1.165) is 24.0 Å². The molecule has 0 atom stereocenters. The number of carbonyl (C=O) groups excluding carboxylic acids is 2. The fraction of sp³-hybridized carbons (Fsp3) is 0.348. The maximum absolute atomic E-state index is 12.6. The fourth-order valence-electron chi connectivity index (χ4n) is 3.79. The van der Waals surface area contributed by atoms with Gasteiger partial charge in [0.05, 0.1) is 11.4 Å². The standard InChI is InChI=1S/C23H26N4O4S/c28-22-13-12-21(25-27(22)17-19-6-2-1-3-7-19)23(29)24-16-18-8-10-20(11-9-18)32(30,31)26-14-4-5-15-26/h1-3,6-11H,4-5,12-17H2,(H,24,29). The minimum atomic E-state index is -3.45. The number of amides is 2. The molecule has 1 saturated heterocycles. The molecule has 168 valence electrons. The summed E-state index contributed by atoms with van der Waals surface area (Å²) in [6, 6.07) is 16.1. The molecule has 1 N–H and O–H groups in total. The molecule has 2 heterocycles. The Balaban J connectivity index is 1.36. The normalized spacial score (nSPS) is 17.3. The highest BCUT2D eigenvalue weighted by atomic mass is 32.2. The number of nitrogens with one attached hydrogen (secondary N) is 1. The van der Waals surface area contributed by atoms with Crippen molar-refractivity contribution in [3.8, 4) is 0 Å². The molecule has 32 heavy (non-hydrogen) atoms. The zero-order valence-electron chi connectivity index (χ0n) is 17.7. The Hall–Kier alpha value is -3.04. The molecular formula is C23H26N4O4S. The Morgan fingerprint density at radius 1 is 0.938 bits per heavy atom. The lowest BCUT2D eigenvalue weighted by atomic mass is 10.1. The molecule has 0 unspecified atom stereocenters. The Labute approximate surface area is 188 Å². The number of hydrazone groups is 1. The van der Waals surface area contributed by atoms with E-state index in [-0.39, 0.29) is 29.7 Å². The van der Waals surface area contributed by atoms with Gasteiger partial charge in [0.15, 0.2) is 0 Å². The predicted octanol–water partition coefficient (Wildman–Crippen LogP) is 2.27. The van der Waals surface area contributed by atoms with Crippen LogP contribution in [-0.4, -0.2) is 48.3 Å². The van der Waals surface area contributed by atoms with Crippen molar-refractivity contribution in [2.45, 2.75) is 43.7 Å². The third-order valence-electron chi connectivity index (χ3n) is 5.62. The summed E-state index contributed by atoms with van der Waals surface area (Å²) < 4.78 is 26.7. The second-order valence-corrected chi connectivity index (χ2v) is 9.86. The van der Waals surface area contributed by atoms with Crippen LogP contribution in [0.15, 0.2) is 64.6 Å². The largest absolute Gasteiger partial charge is 0.347 e. The molecule has 2 aromatic carbocycles. The Morgan fingerprint density at radius 3 is 2.31 bits per heavy atom. The molecule has 2 amide bonds.